The molecule has 0 spiro atoms. The highest BCUT2D eigenvalue weighted by Gasteiger charge is 2.26. The predicted octanol–water partition coefficient (Wildman–Crippen LogP) is 0.883. The minimum Gasteiger partial charge on any atom is -0.271 e. The van der Waals surface area contributed by atoms with Gasteiger partial charge in [0.15, 0.2) is 0 Å². The first-order valence-corrected chi connectivity index (χ1v) is 9.81. The van der Waals surface area contributed by atoms with Crippen molar-refractivity contribution in [2.45, 2.75) is 19.8 Å². The molecule has 0 bridgehead atoms. The minimum absolute atomic E-state index is 0.125. The van der Waals surface area contributed by atoms with Gasteiger partial charge in [0.1, 0.15) is 0 Å². The highest BCUT2D eigenvalue weighted by Crippen LogP contribution is 2.26. The summed E-state index contributed by atoms with van der Waals surface area (Å²) in [6.45, 7) is 2.37. The molecule has 0 aromatic heterocycles. The Morgan fingerprint density at radius 1 is 1.29 bits per heavy atom. The normalized spacial score (nSPS) is 18.4. The summed E-state index contributed by atoms with van der Waals surface area (Å²) < 4.78 is 53.4. The van der Waals surface area contributed by atoms with Crippen LogP contribution in [0.1, 0.15) is 19.8 Å². The molecule has 1 aromatic rings. The molecule has 1 heterocycles. The van der Waals surface area contributed by atoms with Crippen LogP contribution >= 0.6 is 0 Å². The molecule has 0 unspecified atom stereocenters. The Labute approximate surface area is 125 Å². The third-order valence-electron chi connectivity index (χ3n) is 3.07. The Balaban J connectivity index is 2.26. The number of anilines is 2. The van der Waals surface area contributed by atoms with Crippen molar-refractivity contribution in [3.8, 4) is 0 Å². The van der Waals surface area contributed by atoms with Gasteiger partial charge in [-0.3, -0.25) is 9.03 Å². The van der Waals surface area contributed by atoms with E-state index in [4.69, 9.17) is 0 Å². The highest BCUT2D eigenvalue weighted by atomic mass is 32.2. The van der Waals surface area contributed by atoms with Crippen molar-refractivity contribution in [3.63, 3.8) is 0 Å². The van der Waals surface area contributed by atoms with E-state index >= 15 is 0 Å². The lowest BCUT2D eigenvalue weighted by atomic mass is 10.2. The molecule has 0 aliphatic carbocycles. The van der Waals surface area contributed by atoms with E-state index in [2.05, 4.69) is 9.44 Å². The fourth-order valence-electron chi connectivity index (χ4n) is 2.18. The average molecular weight is 333 g/mol. The molecule has 0 amide bonds. The van der Waals surface area contributed by atoms with E-state index < -0.39 is 20.2 Å². The lowest BCUT2D eigenvalue weighted by Crippen LogP contribution is -2.37. The number of sulfonamides is 1. The summed E-state index contributed by atoms with van der Waals surface area (Å²) in [5.74, 6) is 0.125. The Hall–Kier alpha value is -1.32. The standard InChI is InChI=1S/C12H19N3O4S2/c1-2-13-21(18,19)14-11-6-5-7-12(10-11)15-8-3-4-9-20(15,16)17/h5-7,10,13-14H,2-4,8-9H2,1H3. The minimum atomic E-state index is -3.63. The first kappa shape index (κ1) is 16.1. The van der Waals surface area contributed by atoms with E-state index in [9.17, 15) is 16.8 Å². The van der Waals surface area contributed by atoms with E-state index in [-0.39, 0.29) is 12.3 Å². The SMILES string of the molecule is CCNS(=O)(=O)Nc1cccc(N2CCCCS2(=O)=O)c1. The van der Waals surface area contributed by atoms with Gasteiger partial charge < -0.3 is 0 Å². The molecule has 0 radical (unpaired) electrons. The molecule has 1 aliphatic heterocycles. The van der Waals surface area contributed by atoms with Crippen LogP contribution in [0.25, 0.3) is 0 Å². The Kier molecular flexibility index (Phi) is 4.74. The Bertz CT molecular complexity index is 701. The molecule has 1 aliphatic rings. The number of rotatable bonds is 5. The van der Waals surface area contributed by atoms with E-state index in [0.29, 0.717) is 24.3 Å². The summed E-state index contributed by atoms with van der Waals surface area (Å²) in [5.41, 5.74) is 0.806. The molecule has 2 N–H and O–H groups in total. The number of nitrogens with one attached hydrogen (secondary N) is 2. The second-order valence-electron chi connectivity index (χ2n) is 4.75. The predicted molar refractivity (Wildman–Crippen MR) is 83.0 cm³/mol. The van der Waals surface area contributed by atoms with Gasteiger partial charge in [0.25, 0.3) is 10.2 Å². The third kappa shape index (κ3) is 4.08. The maximum Gasteiger partial charge on any atom is 0.299 e. The van der Waals surface area contributed by atoms with Gasteiger partial charge in [0.05, 0.1) is 17.1 Å². The summed E-state index contributed by atoms with van der Waals surface area (Å²) in [4.78, 5) is 0. The molecule has 2 rings (SSSR count). The Morgan fingerprint density at radius 3 is 2.71 bits per heavy atom. The van der Waals surface area contributed by atoms with Crippen LogP contribution in [0, 0.1) is 0 Å². The summed E-state index contributed by atoms with van der Waals surface area (Å²) in [7, 11) is -6.94. The molecule has 1 fully saturated rings. The molecule has 1 saturated heterocycles. The molecule has 118 valence electrons. The first-order chi connectivity index (χ1) is 9.84. The van der Waals surface area contributed by atoms with Crippen molar-refractivity contribution in [3.05, 3.63) is 24.3 Å². The van der Waals surface area contributed by atoms with Crippen molar-refractivity contribution in [1.82, 2.24) is 4.72 Å². The van der Waals surface area contributed by atoms with Gasteiger partial charge in [-0.1, -0.05) is 13.0 Å². The number of hydrogen-bond donors (Lipinski definition) is 2. The second-order valence-corrected chi connectivity index (χ2v) is 8.26. The summed E-state index contributed by atoms with van der Waals surface area (Å²) >= 11 is 0. The van der Waals surface area contributed by atoms with Crippen LogP contribution in [-0.4, -0.2) is 35.7 Å². The lowest BCUT2D eigenvalue weighted by Gasteiger charge is -2.28. The van der Waals surface area contributed by atoms with Crippen molar-refractivity contribution < 1.29 is 16.8 Å². The van der Waals surface area contributed by atoms with E-state index in [1.807, 2.05) is 0 Å². The topological polar surface area (TPSA) is 95.6 Å². The summed E-state index contributed by atoms with van der Waals surface area (Å²) in [5, 5.41) is 0. The highest BCUT2D eigenvalue weighted by molar-refractivity contribution is 7.92. The molecular weight excluding hydrogens is 314 g/mol. The zero-order valence-electron chi connectivity index (χ0n) is 11.7. The van der Waals surface area contributed by atoms with Gasteiger partial charge in [-0.25, -0.2) is 8.42 Å². The maximum atomic E-state index is 12.1. The van der Waals surface area contributed by atoms with Crippen molar-refractivity contribution in [2.24, 2.45) is 0 Å². The van der Waals surface area contributed by atoms with Crippen molar-refractivity contribution >= 4 is 31.6 Å². The second kappa shape index (κ2) is 6.20. The summed E-state index contributed by atoms with van der Waals surface area (Å²) in [6.07, 6.45) is 1.46. The molecular formula is C12H19N3O4S2. The average Bonchev–Trinajstić information content (AvgIpc) is 2.37. The molecule has 7 nitrogen and oxygen atoms in total. The van der Waals surface area contributed by atoms with Crippen LogP contribution < -0.4 is 13.7 Å². The zero-order valence-corrected chi connectivity index (χ0v) is 13.4. The van der Waals surface area contributed by atoms with Gasteiger partial charge in [-0.15, -0.1) is 0 Å². The number of hydrogen-bond acceptors (Lipinski definition) is 4. The van der Waals surface area contributed by atoms with Crippen molar-refractivity contribution in [2.75, 3.05) is 27.9 Å². The van der Waals surface area contributed by atoms with Gasteiger partial charge in [-0.2, -0.15) is 13.1 Å². The maximum absolute atomic E-state index is 12.1. The van der Waals surface area contributed by atoms with Crippen LogP contribution in [0.4, 0.5) is 11.4 Å². The van der Waals surface area contributed by atoms with Gasteiger partial charge >= 0.3 is 0 Å². The van der Waals surface area contributed by atoms with Gasteiger partial charge in [-0.05, 0) is 31.0 Å². The van der Waals surface area contributed by atoms with Crippen LogP contribution in [0.5, 0.6) is 0 Å². The van der Waals surface area contributed by atoms with Crippen LogP contribution in [-0.2, 0) is 20.2 Å². The lowest BCUT2D eigenvalue weighted by molar-refractivity contribution is 0.574. The Morgan fingerprint density at radius 2 is 2.05 bits per heavy atom. The molecule has 21 heavy (non-hydrogen) atoms. The monoisotopic (exact) mass is 333 g/mol. The largest absolute Gasteiger partial charge is 0.299 e. The molecule has 0 atom stereocenters. The molecule has 9 heteroatoms. The van der Waals surface area contributed by atoms with Gasteiger partial charge in [0.2, 0.25) is 10.0 Å². The van der Waals surface area contributed by atoms with Crippen LogP contribution in [0.3, 0.4) is 0 Å². The summed E-state index contributed by atoms with van der Waals surface area (Å²) in [6, 6.07) is 6.39. The van der Waals surface area contributed by atoms with Gasteiger partial charge in [0, 0.05) is 13.1 Å². The zero-order chi connectivity index (χ0) is 15.5. The van der Waals surface area contributed by atoms with Crippen LogP contribution in [0.15, 0.2) is 24.3 Å². The number of nitrogens with zero attached hydrogens (tertiary/aromatic N) is 1. The van der Waals surface area contributed by atoms with Crippen molar-refractivity contribution in [1.29, 1.82) is 0 Å². The van der Waals surface area contributed by atoms with E-state index in [1.54, 1.807) is 25.1 Å². The fourth-order valence-corrected chi connectivity index (χ4v) is 4.71. The molecule has 1 aromatic carbocycles. The first-order valence-electron chi connectivity index (χ1n) is 6.72. The fraction of sp³-hybridized carbons (Fsp3) is 0.500. The smallest absolute Gasteiger partial charge is 0.271 e. The van der Waals surface area contributed by atoms with Crippen LogP contribution in [0.2, 0.25) is 0 Å². The number of benzene rings is 1. The molecule has 0 saturated carbocycles. The van der Waals surface area contributed by atoms with E-state index in [1.165, 1.54) is 10.4 Å². The van der Waals surface area contributed by atoms with E-state index in [0.717, 1.165) is 6.42 Å². The quantitative estimate of drug-likeness (QED) is 0.836. The third-order valence-corrected chi connectivity index (χ3v) is 6.11.